The van der Waals surface area contributed by atoms with Gasteiger partial charge in [0.2, 0.25) is 0 Å². The van der Waals surface area contributed by atoms with Gasteiger partial charge in [0, 0.05) is 12.6 Å². The average molecular weight is 238 g/mol. The molecular weight excluding hydrogens is 220 g/mol. The van der Waals surface area contributed by atoms with Gasteiger partial charge in [-0.1, -0.05) is 5.16 Å². The molecule has 5 heteroatoms. The molecule has 0 aromatic carbocycles. The number of likely N-dealkylation sites (tertiary alicyclic amines) is 1. The number of ether oxygens (including phenoxy) is 1. The number of aromatic nitrogens is 1. The Morgan fingerprint density at radius 3 is 3.29 bits per heavy atom. The minimum atomic E-state index is -0.0743. The largest absolute Gasteiger partial charge is 0.466 e. The molecule has 0 saturated carbocycles. The molecule has 1 atom stereocenters. The lowest BCUT2D eigenvalue weighted by Gasteiger charge is -2.30. The van der Waals surface area contributed by atoms with Crippen molar-refractivity contribution < 1.29 is 14.1 Å². The maximum absolute atomic E-state index is 11.7. The Morgan fingerprint density at radius 2 is 2.59 bits per heavy atom. The van der Waals surface area contributed by atoms with Crippen LogP contribution >= 0.6 is 0 Å². The van der Waals surface area contributed by atoms with Crippen LogP contribution in [0.4, 0.5) is 0 Å². The number of carbonyl (C=O) groups is 1. The van der Waals surface area contributed by atoms with Crippen LogP contribution in [0, 0.1) is 5.92 Å². The first kappa shape index (κ1) is 12.1. The van der Waals surface area contributed by atoms with Crippen molar-refractivity contribution in [1.29, 1.82) is 0 Å². The maximum Gasteiger partial charge on any atom is 0.310 e. The third-order valence-electron chi connectivity index (χ3n) is 3.00. The first-order chi connectivity index (χ1) is 8.29. The van der Waals surface area contributed by atoms with Crippen molar-refractivity contribution in [1.82, 2.24) is 10.1 Å². The predicted molar refractivity (Wildman–Crippen MR) is 61.1 cm³/mol. The molecule has 17 heavy (non-hydrogen) atoms. The second-order valence-electron chi connectivity index (χ2n) is 4.31. The molecule has 2 rings (SSSR count). The van der Waals surface area contributed by atoms with Crippen LogP contribution in [0.2, 0.25) is 0 Å². The highest BCUT2D eigenvalue weighted by Crippen LogP contribution is 2.19. The van der Waals surface area contributed by atoms with Gasteiger partial charge in [-0.05, 0) is 26.3 Å². The molecular formula is C12H18N2O3. The molecule has 0 radical (unpaired) electrons. The van der Waals surface area contributed by atoms with E-state index in [-0.39, 0.29) is 11.9 Å². The van der Waals surface area contributed by atoms with Crippen LogP contribution in [0.25, 0.3) is 0 Å². The van der Waals surface area contributed by atoms with E-state index in [0.29, 0.717) is 6.61 Å². The van der Waals surface area contributed by atoms with Gasteiger partial charge in [-0.2, -0.15) is 0 Å². The fraction of sp³-hybridized carbons (Fsp3) is 0.667. The number of hydrogen-bond acceptors (Lipinski definition) is 5. The van der Waals surface area contributed by atoms with Crippen molar-refractivity contribution in [2.45, 2.75) is 26.3 Å². The summed E-state index contributed by atoms with van der Waals surface area (Å²) in [4.78, 5) is 13.9. The van der Waals surface area contributed by atoms with E-state index < -0.39 is 0 Å². The number of hydrogen-bond donors (Lipinski definition) is 0. The average Bonchev–Trinajstić information content (AvgIpc) is 2.82. The van der Waals surface area contributed by atoms with E-state index in [4.69, 9.17) is 9.26 Å². The summed E-state index contributed by atoms with van der Waals surface area (Å²) >= 11 is 0. The molecule has 1 aromatic heterocycles. The Bertz CT molecular complexity index is 351. The van der Waals surface area contributed by atoms with Gasteiger partial charge in [-0.15, -0.1) is 0 Å². The molecule has 1 fully saturated rings. The summed E-state index contributed by atoms with van der Waals surface area (Å²) in [5.41, 5.74) is 0. The molecule has 2 heterocycles. The summed E-state index contributed by atoms with van der Waals surface area (Å²) in [5, 5.41) is 3.68. The Morgan fingerprint density at radius 1 is 1.71 bits per heavy atom. The molecule has 5 nitrogen and oxygen atoms in total. The Kier molecular flexibility index (Phi) is 4.14. The quantitative estimate of drug-likeness (QED) is 0.743. The van der Waals surface area contributed by atoms with Gasteiger partial charge in [0.25, 0.3) is 0 Å². The zero-order valence-corrected chi connectivity index (χ0v) is 10.1. The summed E-state index contributed by atoms with van der Waals surface area (Å²) in [6.07, 6.45) is 3.59. The minimum absolute atomic E-state index is 0.00613. The normalized spacial score (nSPS) is 21.4. The second kappa shape index (κ2) is 5.82. The molecule has 0 bridgehead atoms. The van der Waals surface area contributed by atoms with E-state index in [1.165, 1.54) is 0 Å². The number of carbonyl (C=O) groups excluding carboxylic acids is 1. The molecule has 0 spiro atoms. The summed E-state index contributed by atoms with van der Waals surface area (Å²) in [7, 11) is 0. The van der Waals surface area contributed by atoms with E-state index in [9.17, 15) is 4.79 Å². The van der Waals surface area contributed by atoms with Crippen molar-refractivity contribution in [3.63, 3.8) is 0 Å². The Balaban J connectivity index is 1.86. The van der Waals surface area contributed by atoms with Crippen molar-refractivity contribution >= 4 is 5.97 Å². The number of nitrogens with zero attached hydrogens (tertiary/aromatic N) is 2. The molecule has 0 aliphatic carbocycles. The first-order valence-electron chi connectivity index (χ1n) is 6.08. The summed E-state index contributed by atoms with van der Waals surface area (Å²) in [5.74, 6) is 0.774. The highest BCUT2D eigenvalue weighted by atomic mass is 16.5. The predicted octanol–water partition coefficient (Wildman–Crippen LogP) is 1.45. The van der Waals surface area contributed by atoms with Crippen LogP contribution < -0.4 is 0 Å². The van der Waals surface area contributed by atoms with Crippen LogP contribution in [0.1, 0.15) is 25.5 Å². The smallest absolute Gasteiger partial charge is 0.310 e. The fourth-order valence-corrected chi connectivity index (χ4v) is 2.20. The molecule has 1 aliphatic rings. The molecule has 1 aliphatic heterocycles. The van der Waals surface area contributed by atoms with Gasteiger partial charge in [0.05, 0.1) is 25.3 Å². The lowest BCUT2D eigenvalue weighted by molar-refractivity contribution is -0.150. The highest BCUT2D eigenvalue weighted by Gasteiger charge is 2.27. The number of esters is 1. The van der Waals surface area contributed by atoms with Gasteiger partial charge >= 0.3 is 5.97 Å². The molecule has 0 unspecified atom stereocenters. The van der Waals surface area contributed by atoms with Gasteiger partial charge in [0.15, 0.2) is 5.76 Å². The standard InChI is InChI=1S/C12H18N2O3/c1-2-16-12(15)10-4-3-7-14(8-10)9-11-5-6-13-17-11/h5-6,10H,2-4,7-9H2,1H3/t10-/m0/s1. The number of rotatable bonds is 4. The Hall–Kier alpha value is -1.36. The maximum atomic E-state index is 11.7. The fourth-order valence-electron chi connectivity index (χ4n) is 2.20. The number of piperidine rings is 1. The van der Waals surface area contributed by atoms with Crippen molar-refractivity contribution in [3.05, 3.63) is 18.0 Å². The molecule has 0 N–H and O–H groups in total. The van der Waals surface area contributed by atoms with Crippen LogP contribution in [0.5, 0.6) is 0 Å². The topological polar surface area (TPSA) is 55.6 Å². The van der Waals surface area contributed by atoms with Crippen LogP contribution in [-0.2, 0) is 16.1 Å². The van der Waals surface area contributed by atoms with E-state index in [1.54, 1.807) is 6.20 Å². The van der Waals surface area contributed by atoms with Gasteiger partial charge in [-0.3, -0.25) is 9.69 Å². The van der Waals surface area contributed by atoms with E-state index in [0.717, 1.165) is 38.2 Å². The van der Waals surface area contributed by atoms with Crippen molar-refractivity contribution in [2.75, 3.05) is 19.7 Å². The third-order valence-corrected chi connectivity index (χ3v) is 3.00. The first-order valence-corrected chi connectivity index (χ1v) is 6.08. The molecule has 1 saturated heterocycles. The highest BCUT2D eigenvalue weighted by molar-refractivity contribution is 5.72. The van der Waals surface area contributed by atoms with Gasteiger partial charge < -0.3 is 9.26 Å². The van der Waals surface area contributed by atoms with Gasteiger partial charge in [0.1, 0.15) is 0 Å². The molecule has 1 aromatic rings. The zero-order valence-electron chi connectivity index (χ0n) is 10.1. The van der Waals surface area contributed by atoms with E-state index in [2.05, 4.69) is 10.1 Å². The third kappa shape index (κ3) is 3.30. The second-order valence-corrected chi connectivity index (χ2v) is 4.31. The summed E-state index contributed by atoms with van der Waals surface area (Å²) in [6, 6.07) is 1.86. The molecule has 0 amide bonds. The minimum Gasteiger partial charge on any atom is -0.466 e. The van der Waals surface area contributed by atoms with Gasteiger partial charge in [-0.25, -0.2) is 0 Å². The van der Waals surface area contributed by atoms with Crippen LogP contribution in [0.3, 0.4) is 0 Å². The lowest BCUT2D eigenvalue weighted by Crippen LogP contribution is -2.38. The van der Waals surface area contributed by atoms with Crippen LogP contribution in [-0.4, -0.2) is 35.7 Å². The Labute approximate surface area is 101 Å². The summed E-state index contributed by atoms with van der Waals surface area (Å²) < 4.78 is 10.1. The SMILES string of the molecule is CCOC(=O)[C@H]1CCCN(Cc2ccno2)C1. The molecule has 94 valence electrons. The van der Waals surface area contributed by atoms with Crippen molar-refractivity contribution in [3.8, 4) is 0 Å². The summed E-state index contributed by atoms with van der Waals surface area (Å²) in [6.45, 7) is 4.76. The van der Waals surface area contributed by atoms with Crippen LogP contribution in [0.15, 0.2) is 16.8 Å². The zero-order chi connectivity index (χ0) is 12.1. The van der Waals surface area contributed by atoms with E-state index >= 15 is 0 Å². The monoisotopic (exact) mass is 238 g/mol. The lowest BCUT2D eigenvalue weighted by atomic mass is 9.98. The van der Waals surface area contributed by atoms with E-state index in [1.807, 2.05) is 13.0 Å². The van der Waals surface area contributed by atoms with Crippen molar-refractivity contribution in [2.24, 2.45) is 5.92 Å².